The first kappa shape index (κ1) is 15.6. The summed E-state index contributed by atoms with van der Waals surface area (Å²) in [6.07, 6.45) is -0.962. The molecule has 1 aromatic rings. The van der Waals surface area contributed by atoms with Gasteiger partial charge in [0.05, 0.1) is 19.3 Å². The Labute approximate surface area is 112 Å². The normalized spacial score (nSPS) is 12.5. The van der Waals surface area contributed by atoms with E-state index in [1.165, 1.54) is 12.1 Å². The van der Waals surface area contributed by atoms with Crippen LogP contribution in [0.15, 0.2) is 24.3 Å². The maximum Gasteiger partial charge on any atom is 0.320 e. The Balaban J connectivity index is 2.60. The number of halogens is 1. The molecule has 0 radical (unpaired) electrons. The number of rotatable bonds is 7. The molecule has 0 aliphatic rings. The fourth-order valence-corrected chi connectivity index (χ4v) is 1.78. The zero-order chi connectivity index (χ0) is 14.3. The summed E-state index contributed by atoms with van der Waals surface area (Å²) in [5.41, 5.74) is 0.241. The Bertz CT molecular complexity index is 411. The lowest BCUT2D eigenvalue weighted by atomic mass is 10.1. The van der Waals surface area contributed by atoms with Crippen molar-refractivity contribution in [3.8, 4) is 0 Å². The SMILES string of the molecule is CCOC(=O)CN(CC)CC(O)c1ccccc1F. The number of carbonyl (C=O) groups is 1. The highest BCUT2D eigenvalue weighted by Gasteiger charge is 2.17. The van der Waals surface area contributed by atoms with Crippen molar-refractivity contribution in [3.05, 3.63) is 35.6 Å². The molecule has 19 heavy (non-hydrogen) atoms. The third-order valence-corrected chi connectivity index (χ3v) is 2.80. The molecule has 0 fully saturated rings. The quantitative estimate of drug-likeness (QED) is 0.766. The van der Waals surface area contributed by atoms with Crippen LogP contribution in [0, 0.1) is 5.82 Å². The first-order valence-corrected chi connectivity index (χ1v) is 6.38. The van der Waals surface area contributed by atoms with Crippen LogP contribution >= 0.6 is 0 Å². The number of hydrogen-bond acceptors (Lipinski definition) is 4. The summed E-state index contributed by atoms with van der Waals surface area (Å²) in [5.74, 6) is -0.785. The van der Waals surface area contributed by atoms with Crippen molar-refractivity contribution < 1.29 is 19.0 Å². The predicted octanol–water partition coefficient (Wildman–Crippen LogP) is 1.74. The van der Waals surface area contributed by atoms with Crippen molar-refractivity contribution >= 4 is 5.97 Å². The summed E-state index contributed by atoms with van der Waals surface area (Å²) < 4.78 is 18.4. The average Bonchev–Trinajstić information content (AvgIpc) is 2.38. The standard InChI is InChI=1S/C14H20FNO3/c1-3-16(10-14(18)19-4-2)9-13(17)11-7-5-6-8-12(11)15/h5-8,13,17H,3-4,9-10H2,1-2H3. The Morgan fingerprint density at radius 3 is 2.68 bits per heavy atom. The summed E-state index contributed by atoms with van der Waals surface area (Å²) in [6, 6.07) is 6.09. The first-order valence-electron chi connectivity index (χ1n) is 6.38. The van der Waals surface area contributed by atoms with Gasteiger partial charge in [0.25, 0.3) is 0 Å². The number of aliphatic hydroxyl groups excluding tert-OH is 1. The highest BCUT2D eigenvalue weighted by atomic mass is 19.1. The molecule has 0 aliphatic heterocycles. The van der Waals surface area contributed by atoms with Gasteiger partial charge in [-0.1, -0.05) is 25.1 Å². The van der Waals surface area contributed by atoms with Crippen molar-refractivity contribution in [1.29, 1.82) is 0 Å². The van der Waals surface area contributed by atoms with Gasteiger partial charge in [-0.15, -0.1) is 0 Å². The lowest BCUT2D eigenvalue weighted by molar-refractivity contribution is -0.144. The number of esters is 1. The first-order chi connectivity index (χ1) is 9.08. The van der Waals surface area contributed by atoms with Crippen LogP contribution in [0.4, 0.5) is 4.39 Å². The van der Waals surface area contributed by atoms with E-state index in [4.69, 9.17) is 4.74 Å². The molecule has 1 N–H and O–H groups in total. The summed E-state index contributed by atoms with van der Waals surface area (Å²) >= 11 is 0. The van der Waals surface area contributed by atoms with Gasteiger partial charge >= 0.3 is 5.97 Å². The van der Waals surface area contributed by atoms with E-state index in [-0.39, 0.29) is 24.6 Å². The van der Waals surface area contributed by atoms with Gasteiger partial charge in [-0.25, -0.2) is 4.39 Å². The third kappa shape index (κ3) is 4.96. The fourth-order valence-electron chi connectivity index (χ4n) is 1.78. The van der Waals surface area contributed by atoms with Gasteiger partial charge in [0.15, 0.2) is 0 Å². The van der Waals surface area contributed by atoms with Crippen molar-refractivity contribution in [2.24, 2.45) is 0 Å². The molecule has 1 atom stereocenters. The second kappa shape index (κ2) is 7.86. The van der Waals surface area contributed by atoms with E-state index in [1.807, 2.05) is 6.92 Å². The maximum absolute atomic E-state index is 13.5. The van der Waals surface area contributed by atoms with Gasteiger partial charge in [0, 0.05) is 12.1 Å². The summed E-state index contributed by atoms with van der Waals surface area (Å²) in [5, 5.41) is 10.0. The van der Waals surface area contributed by atoms with Crippen LogP contribution < -0.4 is 0 Å². The van der Waals surface area contributed by atoms with Crippen LogP contribution in [-0.2, 0) is 9.53 Å². The topological polar surface area (TPSA) is 49.8 Å². The molecule has 1 rings (SSSR count). The number of carbonyl (C=O) groups excluding carboxylic acids is 1. The van der Waals surface area contributed by atoms with Crippen LogP contribution in [0.3, 0.4) is 0 Å². The van der Waals surface area contributed by atoms with Gasteiger partial charge < -0.3 is 9.84 Å². The zero-order valence-electron chi connectivity index (χ0n) is 11.3. The van der Waals surface area contributed by atoms with E-state index in [9.17, 15) is 14.3 Å². The molecule has 1 unspecified atom stereocenters. The fraction of sp³-hybridized carbons (Fsp3) is 0.500. The predicted molar refractivity (Wildman–Crippen MR) is 70.1 cm³/mol. The van der Waals surface area contributed by atoms with Gasteiger partial charge in [-0.3, -0.25) is 9.69 Å². The van der Waals surface area contributed by atoms with Gasteiger partial charge in [-0.05, 0) is 19.5 Å². The van der Waals surface area contributed by atoms with Gasteiger partial charge in [0.1, 0.15) is 5.82 Å². The molecule has 1 aromatic carbocycles. The average molecular weight is 269 g/mol. The zero-order valence-corrected chi connectivity index (χ0v) is 11.3. The van der Waals surface area contributed by atoms with E-state index < -0.39 is 11.9 Å². The largest absolute Gasteiger partial charge is 0.465 e. The van der Waals surface area contributed by atoms with Gasteiger partial charge in [-0.2, -0.15) is 0 Å². The smallest absolute Gasteiger partial charge is 0.320 e. The minimum absolute atomic E-state index is 0.0931. The molecular formula is C14H20FNO3. The van der Waals surface area contributed by atoms with E-state index in [1.54, 1.807) is 24.0 Å². The van der Waals surface area contributed by atoms with Crippen molar-refractivity contribution in [2.45, 2.75) is 20.0 Å². The number of likely N-dealkylation sites (N-methyl/N-ethyl adjacent to an activating group) is 1. The summed E-state index contributed by atoms with van der Waals surface area (Å²) in [6.45, 7) is 4.79. The Morgan fingerprint density at radius 1 is 1.42 bits per heavy atom. The van der Waals surface area contributed by atoms with E-state index >= 15 is 0 Å². The molecule has 106 valence electrons. The Kier molecular flexibility index (Phi) is 6.45. The molecule has 0 spiro atoms. The van der Waals surface area contributed by atoms with Crippen LogP contribution in [0.1, 0.15) is 25.5 Å². The van der Waals surface area contributed by atoms with E-state index in [0.29, 0.717) is 13.2 Å². The molecule has 0 saturated heterocycles. The molecule has 0 saturated carbocycles. The monoisotopic (exact) mass is 269 g/mol. The van der Waals surface area contributed by atoms with E-state index in [2.05, 4.69) is 0 Å². The number of benzene rings is 1. The number of hydrogen-bond donors (Lipinski definition) is 1. The Morgan fingerprint density at radius 2 is 2.11 bits per heavy atom. The van der Waals surface area contributed by atoms with Crippen molar-refractivity contribution in [3.63, 3.8) is 0 Å². The summed E-state index contributed by atoms with van der Waals surface area (Å²) in [4.78, 5) is 13.1. The molecule has 5 heteroatoms. The minimum Gasteiger partial charge on any atom is -0.465 e. The molecule has 4 nitrogen and oxygen atoms in total. The van der Waals surface area contributed by atoms with Crippen LogP contribution in [-0.4, -0.2) is 42.2 Å². The maximum atomic E-state index is 13.5. The highest BCUT2D eigenvalue weighted by molar-refractivity contribution is 5.71. The summed E-state index contributed by atoms with van der Waals surface area (Å²) in [7, 11) is 0. The highest BCUT2D eigenvalue weighted by Crippen LogP contribution is 2.17. The van der Waals surface area contributed by atoms with Gasteiger partial charge in [0.2, 0.25) is 0 Å². The lowest BCUT2D eigenvalue weighted by Gasteiger charge is -2.23. The second-order valence-electron chi connectivity index (χ2n) is 4.17. The van der Waals surface area contributed by atoms with Crippen molar-refractivity contribution in [1.82, 2.24) is 4.90 Å². The molecule has 0 bridgehead atoms. The molecule has 0 heterocycles. The van der Waals surface area contributed by atoms with Crippen LogP contribution in [0.5, 0.6) is 0 Å². The number of nitrogens with zero attached hydrogens (tertiary/aromatic N) is 1. The molecule has 0 aromatic heterocycles. The molecule has 0 aliphatic carbocycles. The molecular weight excluding hydrogens is 249 g/mol. The Hall–Kier alpha value is -1.46. The van der Waals surface area contributed by atoms with E-state index in [0.717, 1.165) is 0 Å². The van der Waals surface area contributed by atoms with Crippen molar-refractivity contribution in [2.75, 3.05) is 26.2 Å². The number of aliphatic hydroxyl groups is 1. The minimum atomic E-state index is -0.962. The lowest BCUT2D eigenvalue weighted by Crippen LogP contribution is -2.34. The van der Waals surface area contributed by atoms with Crippen LogP contribution in [0.25, 0.3) is 0 Å². The second-order valence-corrected chi connectivity index (χ2v) is 4.17. The number of ether oxygens (including phenoxy) is 1. The third-order valence-electron chi connectivity index (χ3n) is 2.80. The molecule has 0 amide bonds. The van der Waals surface area contributed by atoms with Crippen LogP contribution in [0.2, 0.25) is 0 Å².